The average Bonchev–Trinajstić information content (AvgIpc) is 2.79. The molecule has 0 saturated carbocycles. The average molecular weight is 234 g/mol. The van der Waals surface area contributed by atoms with E-state index in [4.69, 9.17) is 14.8 Å². The summed E-state index contributed by atoms with van der Waals surface area (Å²) in [5.41, 5.74) is 0.892. The van der Waals surface area contributed by atoms with E-state index in [1.807, 2.05) is 30.3 Å². The Labute approximate surface area is 97.8 Å². The first-order chi connectivity index (χ1) is 8.25. The monoisotopic (exact) mass is 234 g/mol. The van der Waals surface area contributed by atoms with Gasteiger partial charge >= 0.3 is 7.12 Å². The molecule has 0 aliphatic rings. The second-order valence-electron chi connectivity index (χ2n) is 3.36. The van der Waals surface area contributed by atoms with E-state index in [0.717, 1.165) is 10.4 Å². The first-order valence-corrected chi connectivity index (χ1v) is 5.01. The largest absolute Gasteiger partial charge is 0.532 e. The summed E-state index contributed by atoms with van der Waals surface area (Å²) in [6, 6.07) is 9.66. The number of hydrogen-bond acceptors (Lipinski definition) is 6. The second-order valence-corrected chi connectivity index (χ2v) is 3.36. The molecule has 0 unspecified atom stereocenters. The summed E-state index contributed by atoms with van der Waals surface area (Å²) < 4.78 is 5.33. The summed E-state index contributed by atoms with van der Waals surface area (Å²) in [6.45, 7) is 0.536. The Morgan fingerprint density at radius 3 is 2.65 bits per heavy atom. The van der Waals surface area contributed by atoms with Crippen LogP contribution in [0.2, 0.25) is 0 Å². The van der Waals surface area contributed by atoms with Crippen molar-refractivity contribution in [1.29, 1.82) is 0 Å². The van der Waals surface area contributed by atoms with Crippen LogP contribution in [-0.4, -0.2) is 37.4 Å². The summed E-state index contributed by atoms with van der Waals surface area (Å²) in [7, 11) is -1.71. The zero-order valence-electron chi connectivity index (χ0n) is 8.97. The van der Waals surface area contributed by atoms with E-state index in [0.29, 0.717) is 6.61 Å². The quantitative estimate of drug-likeness (QED) is 0.613. The highest BCUT2D eigenvalue weighted by Crippen LogP contribution is 2.00. The number of tetrazole rings is 1. The Hall–Kier alpha value is -1.77. The van der Waals surface area contributed by atoms with Crippen LogP contribution >= 0.6 is 0 Å². The first-order valence-electron chi connectivity index (χ1n) is 5.01. The third-order valence-electron chi connectivity index (χ3n) is 2.02. The molecule has 0 amide bonds. The molecule has 0 fully saturated rings. The van der Waals surface area contributed by atoms with E-state index in [2.05, 4.69) is 15.4 Å². The number of hydrogen-bond donors (Lipinski definition) is 2. The van der Waals surface area contributed by atoms with Crippen LogP contribution in [-0.2, 0) is 18.1 Å². The first kappa shape index (κ1) is 11.7. The minimum Gasteiger partial charge on any atom is -0.421 e. The predicted octanol–water partition coefficient (Wildman–Crippen LogP) is -1.47. The van der Waals surface area contributed by atoms with Crippen LogP contribution in [0.15, 0.2) is 30.3 Å². The van der Waals surface area contributed by atoms with Crippen molar-refractivity contribution in [2.45, 2.75) is 13.3 Å². The summed E-state index contributed by atoms with van der Waals surface area (Å²) >= 11 is 0. The molecular formula is C9H11BN4O3. The summed E-state index contributed by atoms with van der Waals surface area (Å²) in [4.78, 5) is 1.15. The number of nitrogens with zero attached hydrogens (tertiary/aromatic N) is 4. The van der Waals surface area contributed by atoms with Gasteiger partial charge in [0.15, 0.2) is 6.73 Å². The van der Waals surface area contributed by atoms with Gasteiger partial charge in [-0.15, -0.1) is 15.0 Å². The van der Waals surface area contributed by atoms with Crippen LogP contribution in [0.5, 0.6) is 0 Å². The maximum atomic E-state index is 8.78. The predicted molar refractivity (Wildman–Crippen MR) is 58.9 cm³/mol. The fourth-order valence-corrected chi connectivity index (χ4v) is 1.23. The van der Waals surface area contributed by atoms with Gasteiger partial charge in [0.05, 0.1) is 6.61 Å². The molecule has 1 aromatic heterocycles. The van der Waals surface area contributed by atoms with Crippen molar-refractivity contribution in [2.75, 3.05) is 0 Å². The van der Waals surface area contributed by atoms with Crippen molar-refractivity contribution < 1.29 is 14.8 Å². The molecule has 0 saturated heterocycles. The van der Waals surface area contributed by atoms with Crippen molar-refractivity contribution >= 4 is 12.8 Å². The van der Waals surface area contributed by atoms with E-state index in [1.165, 1.54) is 0 Å². The Balaban J connectivity index is 1.82. The van der Waals surface area contributed by atoms with E-state index >= 15 is 0 Å². The molecular weight excluding hydrogens is 223 g/mol. The minimum absolute atomic E-state index is 0.106. The Morgan fingerprint density at radius 2 is 2.00 bits per heavy atom. The van der Waals surface area contributed by atoms with Gasteiger partial charge < -0.3 is 14.8 Å². The van der Waals surface area contributed by atoms with E-state index < -0.39 is 7.12 Å². The standard InChI is InChI=1S/C9H11BN4O3/c15-10(16)9-11-13-14(12-9)7-17-6-8-4-2-1-3-5-8/h1-5,15-16H,6-7H2. The fourth-order valence-electron chi connectivity index (χ4n) is 1.23. The molecule has 0 atom stereocenters. The Bertz CT molecular complexity index is 462. The normalized spacial score (nSPS) is 10.5. The van der Waals surface area contributed by atoms with Crippen LogP contribution in [0.25, 0.3) is 0 Å². The molecule has 88 valence electrons. The van der Waals surface area contributed by atoms with Gasteiger partial charge in [0.2, 0.25) is 5.72 Å². The lowest BCUT2D eigenvalue weighted by Crippen LogP contribution is -2.34. The molecule has 8 heteroatoms. The third kappa shape index (κ3) is 3.35. The molecule has 1 heterocycles. The van der Waals surface area contributed by atoms with Crippen LogP contribution in [0.3, 0.4) is 0 Å². The molecule has 0 aliphatic heterocycles. The molecule has 0 bridgehead atoms. The number of benzene rings is 1. The second kappa shape index (κ2) is 5.53. The molecule has 2 rings (SSSR count). The molecule has 0 aliphatic carbocycles. The van der Waals surface area contributed by atoms with Gasteiger partial charge in [0, 0.05) is 0 Å². The smallest absolute Gasteiger partial charge is 0.421 e. The fraction of sp³-hybridized carbons (Fsp3) is 0.222. The summed E-state index contributed by atoms with van der Waals surface area (Å²) in [6.07, 6.45) is 0. The van der Waals surface area contributed by atoms with E-state index in [-0.39, 0.29) is 12.5 Å². The lowest BCUT2D eigenvalue weighted by Gasteiger charge is -2.02. The Morgan fingerprint density at radius 1 is 1.24 bits per heavy atom. The van der Waals surface area contributed by atoms with Crippen molar-refractivity contribution in [2.24, 2.45) is 0 Å². The van der Waals surface area contributed by atoms with Gasteiger partial charge in [-0.1, -0.05) is 30.3 Å². The van der Waals surface area contributed by atoms with Crippen molar-refractivity contribution in [3.8, 4) is 0 Å². The van der Waals surface area contributed by atoms with Gasteiger partial charge in [-0.3, -0.25) is 0 Å². The maximum absolute atomic E-state index is 8.78. The highest BCUT2D eigenvalue weighted by Gasteiger charge is 2.17. The third-order valence-corrected chi connectivity index (χ3v) is 2.02. The van der Waals surface area contributed by atoms with E-state index in [9.17, 15) is 0 Å². The van der Waals surface area contributed by atoms with Gasteiger partial charge in [0.1, 0.15) is 0 Å². The van der Waals surface area contributed by atoms with Crippen molar-refractivity contribution in [3.05, 3.63) is 35.9 Å². The molecule has 1 aromatic carbocycles. The van der Waals surface area contributed by atoms with Crippen LogP contribution in [0.1, 0.15) is 5.56 Å². The number of rotatable bonds is 5. The van der Waals surface area contributed by atoms with Crippen molar-refractivity contribution in [1.82, 2.24) is 20.2 Å². The minimum atomic E-state index is -1.71. The van der Waals surface area contributed by atoms with Crippen LogP contribution < -0.4 is 5.72 Å². The summed E-state index contributed by atoms with van der Waals surface area (Å²) in [5, 5.41) is 28.3. The maximum Gasteiger partial charge on any atom is 0.532 e. The molecule has 7 nitrogen and oxygen atoms in total. The van der Waals surface area contributed by atoms with Gasteiger partial charge in [-0.05, 0) is 10.8 Å². The van der Waals surface area contributed by atoms with Crippen LogP contribution in [0, 0.1) is 0 Å². The molecule has 2 N–H and O–H groups in total. The number of aromatic nitrogens is 4. The lowest BCUT2D eigenvalue weighted by atomic mass is 9.92. The highest BCUT2D eigenvalue weighted by atomic mass is 16.5. The molecule has 0 spiro atoms. The van der Waals surface area contributed by atoms with Gasteiger partial charge in [-0.25, -0.2) is 0 Å². The zero-order chi connectivity index (χ0) is 12.1. The van der Waals surface area contributed by atoms with E-state index in [1.54, 1.807) is 0 Å². The van der Waals surface area contributed by atoms with Gasteiger partial charge in [0.25, 0.3) is 0 Å². The SMILES string of the molecule is OB(O)c1nnn(COCc2ccccc2)n1. The van der Waals surface area contributed by atoms with Crippen molar-refractivity contribution in [3.63, 3.8) is 0 Å². The summed E-state index contributed by atoms with van der Waals surface area (Å²) in [5.74, 6) is 0. The van der Waals surface area contributed by atoms with Crippen LogP contribution in [0.4, 0.5) is 0 Å². The lowest BCUT2D eigenvalue weighted by molar-refractivity contribution is 0.0460. The Kier molecular flexibility index (Phi) is 3.81. The molecule has 0 radical (unpaired) electrons. The molecule has 17 heavy (non-hydrogen) atoms. The highest BCUT2D eigenvalue weighted by molar-refractivity contribution is 6.56. The zero-order valence-corrected chi connectivity index (χ0v) is 8.97. The topological polar surface area (TPSA) is 93.3 Å². The number of ether oxygens (including phenoxy) is 1. The molecule has 2 aromatic rings. The van der Waals surface area contributed by atoms with Gasteiger partial charge in [-0.2, -0.15) is 0 Å².